The third-order valence-electron chi connectivity index (χ3n) is 3.71. The van der Waals surface area contributed by atoms with Gasteiger partial charge in [0.25, 0.3) is 6.47 Å². The molecule has 1 N–H and O–H groups in total. The Morgan fingerprint density at radius 1 is 1.23 bits per heavy atom. The third kappa shape index (κ3) is 8.27. The van der Waals surface area contributed by atoms with Gasteiger partial charge in [-0.25, -0.2) is 10.4 Å². The SMILES string of the molecule is CC.CC.COC1OC(C)CC(NN(C)Cc2ccccc2)[C@H]1OC=O. The highest BCUT2D eigenvalue weighted by molar-refractivity contribution is 5.37. The van der Waals surface area contributed by atoms with Gasteiger partial charge in [-0.15, -0.1) is 0 Å². The molecule has 2 rings (SSSR count). The molecule has 26 heavy (non-hydrogen) atoms. The molecule has 1 aliphatic heterocycles. The van der Waals surface area contributed by atoms with Crippen molar-refractivity contribution in [2.75, 3.05) is 14.2 Å². The number of rotatable bonds is 7. The van der Waals surface area contributed by atoms with Gasteiger partial charge in [0.2, 0.25) is 0 Å². The van der Waals surface area contributed by atoms with Gasteiger partial charge in [-0.05, 0) is 18.9 Å². The summed E-state index contributed by atoms with van der Waals surface area (Å²) in [5, 5.41) is 1.99. The van der Waals surface area contributed by atoms with E-state index in [0.29, 0.717) is 6.47 Å². The highest BCUT2D eigenvalue weighted by Gasteiger charge is 2.39. The lowest BCUT2D eigenvalue weighted by atomic mass is 10.0. The molecule has 1 aromatic carbocycles. The van der Waals surface area contributed by atoms with Crippen molar-refractivity contribution in [3.63, 3.8) is 0 Å². The van der Waals surface area contributed by atoms with Crippen LogP contribution in [0, 0.1) is 0 Å². The van der Waals surface area contributed by atoms with Crippen LogP contribution in [-0.4, -0.2) is 50.2 Å². The van der Waals surface area contributed by atoms with Crippen LogP contribution >= 0.6 is 0 Å². The fraction of sp³-hybridized carbons (Fsp3) is 0.650. The van der Waals surface area contributed by atoms with Crippen molar-refractivity contribution in [2.24, 2.45) is 0 Å². The molecule has 0 radical (unpaired) electrons. The Hall–Kier alpha value is -1.47. The summed E-state index contributed by atoms with van der Waals surface area (Å²) >= 11 is 0. The Morgan fingerprint density at radius 3 is 2.38 bits per heavy atom. The molecule has 0 aromatic heterocycles. The van der Waals surface area contributed by atoms with Crippen molar-refractivity contribution in [1.82, 2.24) is 10.4 Å². The highest BCUT2D eigenvalue weighted by atomic mass is 16.7. The smallest absolute Gasteiger partial charge is 0.293 e. The highest BCUT2D eigenvalue weighted by Crippen LogP contribution is 2.23. The number of hydrogen-bond donors (Lipinski definition) is 1. The van der Waals surface area contributed by atoms with Crippen molar-refractivity contribution in [2.45, 2.75) is 72.1 Å². The minimum Gasteiger partial charge on any atom is -0.457 e. The number of methoxy groups -OCH3 is 1. The molecule has 1 aliphatic rings. The van der Waals surface area contributed by atoms with Crippen LogP contribution in [0.3, 0.4) is 0 Å². The largest absolute Gasteiger partial charge is 0.457 e. The molecule has 0 amide bonds. The minimum absolute atomic E-state index is 0.0269. The molecule has 1 saturated heterocycles. The zero-order valence-corrected chi connectivity index (χ0v) is 17.3. The van der Waals surface area contributed by atoms with E-state index in [4.69, 9.17) is 14.2 Å². The summed E-state index contributed by atoms with van der Waals surface area (Å²) in [6.45, 7) is 11.2. The molecule has 0 aliphatic carbocycles. The van der Waals surface area contributed by atoms with E-state index in [1.54, 1.807) is 7.11 Å². The molecule has 3 unspecified atom stereocenters. The van der Waals surface area contributed by atoms with Crippen LogP contribution in [0.25, 0.3) is 0 Å². The zero-order chi connectivity index (χ0) is 19.9. The third-order valence-corrected chi connectivity index (χ3v) is 3.71. The second-order valence-electron chi connectivity index (χ2n) is 5.56. The summed E-state index contributed by atoms with van der Waals surface area (Å²) < 4.78 is 16.1. The molecule has 0 saturated carbocycles. The second kappa shape index (κ2) is 14.7. The summed E-state index contributed by atoms with van der Waals surface area (Å²) in [5.41, 5.74) is 4.59. The Morgan fingerprint density at radius 2 is 1.85 bits per heavy atom. The first-order valence-electron chi connectivity index (χ1n) is 9.42. The Kier molecular flexibility index (Phi) is 13.8. The van der Waals surface area contributed by atoms with Gasteiger partial charge in [-0.3, -0.25) is 4.79 Å². The Bertz CT molecular complexity index is 458. The van der Waals surface area contributed by atoms with E-state index in [1.807, 2.05) is 64.9 Å². The van der Waals surface area contributed by atoms with Crippen molar-refractivity contribution in [3.8, 4) is 0 Å². The lowest BCUT2D eigenvalue weighted by Gasteiger charge is -2.40. The first kappa shape index (κ1) is 24.5. The average molecular weight is 369 g/mol. The van der Waals surface area contributed by atoms with E-state index < -0.39 is 12.4 Å². The molecule has 1 aromatic rings. The standard InChI is InChI=1S/C16H24N2O4.2C2H6/c1-12-9-14(15(21-11-19)16(20-3)22-12)17-18(2)10-13-7-5-4-6-8-13;2*1-2/h4-8,11-12,14-17H,9-10H2,1-3H3;2*1-2H3/t12?,14?,15-,16?;;/m1../s1. The first-order chi connectivity index (χ1) is 12.6. The van der Waals surface area contributed by atoms with Crippen LogP contribution in [-0.2, 0) is 25.5 Å². The fourth-order valence-corrected chi connectivity index (χ4v) is 2.77. The van der Waals surface area contributed by atoms with Crippen LogP contribution in [0.5, 0.6) is 0 Å². The van der Waals surface area contributed by atoms with Gasteiger partial charge in [0, 0.05) is 20.7 Å². The molecule has 150 valence electrons. The maximum Gasteiger partial charge on any atom is 0.293 e. The quantitative estimate of drug-likeness (QED) is 0.588. The molecular formula is C20H36N2O4. The van der Waals surface area contributed by atoms with E-state index in [0.717, 1.165) is 13.0 Å². The lowest BCUT2D eigenvalue weighted by molar-refractivity contribution is -0.242. The molecule has 0 spiro atoms. The average Bonchev–Trinajstić information content (AvgIpc) is 2.67. The summed E-state index contributed by atoms with van der Waals surface area (Å²) in [5.74, 6) is 0. The van der Waals surface area contributed by atoms with Gasteiger partial charge in [-0.2, -0.15) is 0 Å². The summed E-state index contributed by atoms with van der Waals surface area (Å²) in [6.07, 6.45) is -0.273. The van der Waals surface area contributed by atoms with Crippen LogP contribution in [0.15, 0.2) is 30.3 Å². The van der Waals surface area contributed by atoms with Crippen molar-refractivity contribution in [3.05, 3.63) is 35.9 Å². The number of carbonyl (C=O) groups excluding carboxylic acids is 1. The van der Waals surface area contributed by atoms with Crippen molar-refractivity contribution in [1.29, 1.82) is 0 Å². The van der Waals surface area contributed by atoms with Crippen LogP contribution in [0.4, 0.5) is 0 Å². The van der Waals surface area contributed by atoms with E-state index in [1.165, 1.54) is 5.56 Å². The van der Waals surface area contributed by atoms with Crippen molar-refractivity contribution >= 4 is 6.47 Å². The number of benzene rings is 1. The molecule has 4 atom stereocenters. The number of nitrogens with zero attached hydrogens (tertiary/aromatic N) is 1. The van der Waals surface area contributed by atoms with Crippen LogP contribution in [0.2, 0.25) is 0 Å². The molecule has 0 bridgehead atoms. The predicted molar refractivity (Wildman–Crippen MR) is 104 cm³/mol. The first-order valence-corrected chi connectivity index (χ1v) is 9.42. The molecule has 1 heterocycles. The van der Waals surface area contributed by atoms with Gasteiger partial charge in [-0.1, -0.05) is 58.0 Å². The molecule has 6 heteroatoms. The van der Waals surface area contributed by atoms with E-state index in [2.05, 4.69) is 17.6 Å². The zero-order valence-electron chi connectivity index (χ0n) is 17.3. The van der Waals surface area contributed by atoms with Gasteiger partial charge < -0.3 is 14.2 Å². The minimum atomic E-state index is -0.559. The predicted octanol–water partition coefficient (Wildman–Crippen LogP) is 3.37. The fourth-order valence-electron chi connectivity index (χ4n) is 2.77. The normalized spacial score (nSPS) is 24.6. The molecular weight excluding hydrogens is 332 g/mol. The number of ether oxygens (including phenoxy) is 3. The summed E-state index contributed by atoms with van der Waals surface area (Å²) in [7, 11) is 3.52. The number of nitrogens with one attached hydrogen (secondary N) is 1. The number of hydrazine groups is 1. The van der Waals surface area contributed by atoms with Gasteiger partial charge in [0.15, 0.2) is 12.4 Å². The Balaban J connectivity index is 0.00000146. The van der Waals surface area contributed by atoms with Crippen LogP contribution < -0.4 is 5.43 Å². The number of carbonyl (C=O) groups is 1. The number of hydrogen-bond acceptors (Lipinski definition) is 6. The molecule has 1 fully saturated rings. The van der Waals surface area contributed by atoms with Gasteiger partial charge in [0.05, 0.1) is 12.1 Å². The second-order valence-corrected chi connectivity index (χ2v) is 5.56. The Labute approximate surface area is 158 Å². The summed E-state index contributed by atoms with van der Waals surface area (Å²) in [4.78, 5) is 10.8. The van der Waals surface area contributed by atoms with E-state index >= 15 is 0 Å². The van der Waals surface area contributed by atoms with Gasteiger partial charge in [0.1, 0.15) is 0 Å². The lowest BCUT2D eigenvalue weighted by Crippen LogP contribution is -2.58. The van der Waals surface area contributed by atoms with E-state index in [-0.39, 0.29) is 12.1 Å². The summed E-state index contributed by atoms with van der Waals surface area (Å²) in [6, 6.07) is 10.1. The maximum absolute atomic E-state index is 10.8. The van der Waals surface area contributed by atoms with Gasteiger partial charge >= 0.3 is 0 Å². The van der Waals surface area contributed by atoms with E-state index in [9.17, 15) is 4.79 Å². The van der Waals surface area contributed by atoms with Crippen molar-refractivity contribution < 1.29 is 19.0 Å². The molecule has 6 nitrogen and oxygen atoms in total. The maximum atomic E-state index is 10.8. The monoisotopic (exact) mass is 368 g/mol. The topological polar surface area (TPSA) is 60.0 Å². The van der Waals surface area contributed by atoms with Crippen LogP contribution in [0.1, 0.15) is 46.6 Å².